The lowest BCUT2D eigenvalue weighted by Gasteiger charge is -2.27. The molecule has 7 nitrogen and oxygen atoms in total. The molecule has 0 bridgehead atoms. The molecular weight excluding hydrogens is 404 g/mol. The van der Waals surface area contributed by atoms with Crippen LogP contribution in [0.5, 0.6) is 11.6 Å². The molecule has 1 amide bonds. The first-order valence-electron chi connectivity index (χ1n) is 10.5. The Hall–Kier alpha value is -2.54. The summed E-state index contributed by atoms with van der Waals surface area (Å²) in [5.74, 6) is 1.94. The molecule has 1 saturated carbocycles. The molecule has 2 aromatic rings. The molecular formula is C22H27ClN4O3. The number of nitrogens with zero attached hydrogens (tertiary/aromatic N) is 3. The second kappa shape index (κ2) is 9.08. The summed E-state index contributed by atoms with van der Waals surface area (Å²) in [4.78, 5) is 21.9. The summed E-state index contributed by atoms with van der Waals surface area (Å²) in [6.07, 6.45) is 5.96. The van der Waals surface area contributed by atoms with E-state index in [2.05, 4.69) is 20.2 Å². The first kappa shape index (κ1) is 20.7. The lowest BCUT2D eigenvalue weighted by atomic mass is 9.96. The third-order valence-electron chi connectivity index (χ3n) is 5.62. The molecule has 0 spiro atoms. The third kappa shape index (κ3) is 4.78. The van der Waals surface area contributed by atoms with E-state index in [1.165, 1.54) is 19.7 Å². The molecule has 1 saturated heterocycles. The summed E-state index contributed by atoms with van der Waals surface area (Å²) < 4.78 is 12.0. The van der Waals surface area contributed by atoms with E-state index >= 15 is 0 Å². The van der Waals surface area contributed by atoms with Crippen LogP contribution in [0.2, 0.25) is 5.02 Å². The zero-order valence-electron chi connectivity index (χ0n) is 17.3. The second-order valence-corrected chi connectivity index (χ2v) is 8.33. The fourth-order valence-electron chi connectivity index (χ4n) is 3.73. The number of benzene rings is 1. The minimum absolute atomic E-state index is 0.0326. The highest BCUT2D eigenvalue weighted by Crippen LogP contribution is 2.35. The summed E-state index contributed by atoms with van der Waals surface area (Å²) in [5.41, 5.74) is 1.04. The van der Waals surface area contributed by atoms with Crippen LogP contribution in [0.15, 0.2) is 30.6 Å². The number of amides is 1. The van der Waals surface area contributed by atoms with Gasteiger partial charge in [0.05, 0.1) is 12.6 Å². The first-order valence-corrected chi connectivity index (χ1v) is 10.8. The number of nitrogens with one attached hydrogen (secondary N) is 1. The monoisotopic (exact) mass is 430 g/mol. The predicted molar refractivity (Wildman–Crippen MR) is 115 cm³/mol. The van der Waals surface area contributed by atoms with Crippen molar-refractivity contribution < 1.29 is 14.3 Å². The minimum Gasteiger partial charge on any atom is -0.489 e. The SMILES string of the molecule is CC(=O)N[C@@H](C)c1ccc(O[C@@H]2CCN(c3ncnc(OC4CCC4)c3Cl)C2)cc1. The molecule has 30 heavy (non-hydrogen) atoms. The Labute approximate surface area is 181 Å². The maximum absolute atomic E-state index is 11.2. The van der Waals surface area contributed by atoms with Crippen molar-refractivity contribution in [2.24, 2.45) is 0 Å². The van der Waals surface area contributed by atoms with E-state index < -0.39 is 0 Å². The van der Waals surface area contributed by atoms with E-state index in [0.717, 1.165) is 37.1 Å². The van der Waals surface area contributed by atoms with Gasteiger partial charge >= 0.3 is 0 Å². The van der Waals surface area contributed by atoms with Crippen molar-refractivity contribution in [3.05, 3.63) is 41.2 Å². The van der Waals surface area contributed by atoms with Gasteiger partial charge in [0.25, 0.3) is 0 Å². The molecule has 0 unspecified atom stereocenters. The number of hydrogen-bond donors (Lipinski definition) is 1. The van der Waals surface area contributed by atoms with Gasteiger partial charge in [0.1, 0.15) is 29.3 Å². The summed E-state index contributed by atoms with van der Waals surface area (Å²) in [6.45, 7) is 4.98. The van der Waals surface area contributed by atoms with Crippen molar-refractivity contribution in [1.29, 1.82) is 0 Å². The van der Waals surface area contributed by atoms with Crippen LogP contribution < -0.4 is 19.7 Å². The van der Waals surface area contributed by atoms with Gasteiger partial charge in [-0.2, -0.15) is 0 Å². The van der Waals surface area contributed by atoms with Crippen molar-refractivity contribution >= 4 is 23.3 Å². The highest BCUT2D eigenvalue weighted by molar-refractivity contribution is 6.34. The zero-order chi connectivity index (χ0) is 21.1. The minimum atomic E-state index is -0.0431. The maximum atomic E-state index is 11.2. The average Bonchev–Trinajstić information content (AvgIpc) is 3.14. The number of ether oxygens (including phenoxy) is 2. The molecule has 0 radical (unpaired) electrons. The molecule has 2 atom stereocenters. The quantitative estimate of drug-likeness (QED) is 0.717. The number of anilines is 1. The standard InChI is InChI=1S/C22H27ClN4O3/c1-14(26-15(2)28)16-6-8-18(9-7-16)29-19-10-11-27(12-19)21-20(23)22(25-13-24-21)30-17-4-3-5-17/h6-9,13-14,17,19H,3-5,10-12H2,1-2H3,(H,26,28)/t14-,19+/m0/s1. The van der Waals surface area contributed by atoms with E-state index in [1.54, 1.807) is 0 Å². The van der Waals surface area contributed by atoms with Gasteiger partial charge in [0, 0.05) is 19.9 Å². The summed E-state index contributed by atoms with van der Waals surface area (Å²) in [5, 5.41) is 3.36. The predicted octanol–water partition coefficient (Wildman–Crippen LogP) is 3.92. The number of carbonyl (C=O) groups is 1. The van der Waals surface area contributed by atoms with Gasteiger partial charge in [0.2, 0.25) is 11.8 Å². The smallest absolute Gasteiger partial charge is 0.238 e. The van der Waals surface area contributed by atoms with E-state index in [-0.39, 0.29) is 24.2 Å². The normalized spacial score (nSPS) is 19.8. The molecule has 1 aromatic carbocycles. The molecule has 1 aliphatic carbocycles. The number of rotatable bonds is 7. The number of hydrogen-bond acceptors (Lipinski definition) is 6. The summed E-state index contributed by atoms with van der Waals surface area (Å²) in [6, 6.07) is 7.81. The Morgan fingerprint density at radius 1 is 1.17 bits per heavy atom. The van der Waals surface area contributed by atoms with Gasteiger partial charge in [-0.15, -0.1) is 0 Å². The van der Waals surface area contributed by atoms with Crippen LogP contribution in [-0.2, 0) is 4.79 Å². The zero-order valence-corrected chi connectivity index (χ0v) is 18.1. The van der Waals surface area contributed by atoms with Crippen LogP contribution in [0.3, 0.4) is 0 Å². The van der Waals surface area contributed by atoms with E-state index in [4.69, 9.17) is 21.1 Å². The Kier molecular flexibility index (Phi) is 6.27. The highest BCUT2D eigenvalue weighted by Gasteiger charge is 2.29. The van der Waals surface area contributed by atoms with Crippen LogP contribution in [0, 0.1) is 0 Å². The number of carbonyl (C=O) groups excluding carboxylic acids is 1. The molecule has 1 N–H and O–H groups in total. The van der Waals surface area contributed by atoms with Crippen LogP contribution in [-0.4, -0.2) is 41.2 Å². The molecule has 2 fully saturated rings. The fraction of sp³-hybridized carbons (Fsp3) is 0.500. The molecule has 1 aromatic heterocycles. The van der Waals surface area contributed by atoms with Gasteiger partial charge in [0.15, 0.2) is 5.82 Å². The molecule has 8 heteroatoms. The molecule has 1 aliphatic heterocycles. The second-order valence-electron chi connectivity index (χ2n) is 7.95. The van der Waals surface area contributed by atoms with Crippen LogP contribution in [0.4, 0.5) is 5.82 Å². The van der Waals surface area contributed by atoms with Crippen molar-refractivity contribution in [1.82, 2.24) is 15.3 Å². The Bertz CT molecular complexity index is 888. The number of aromatic nitrogens is 2. The molecule has 2 aliphatic rings. The third-order valence-corrected chi connectivity index (χ3v) is 5.95. The largest absolute Gasteiger partial charge is 0.489 e. The Morgan fingerprint density at radius 3 is 2.60 bits per heavy atom. The molecule has 4 rings (SSSR count). The fourth-order valence-corrected chi connectivity index (χ4v) is 3.99. The number of halogens is 1. The summed E-state index contributed by atoms with van der Waals surface area (Å²) >= 11 is 6.54. The van der Waals surface area contributed by atoms with Crippen LogP contribution in [0.25, 0.3) is 0 Å². The summed E-state index contributed by atoms with van der Waals surface area (Å²) in [7, 11) is 0. The molecule has 160 valence electrons. The van der Waals surface area contributed by atoms with E-state index in [9.17, 15) is 4.79 Å². The maximum Gasteiger partial charge on any atom is 0.238 e. The topological polar surface area (TPSA) is 76.6 Å². The lowest BCUT2D eigenvalue weighted by molar-refractivity contribution is -0.119. The van der Waals surface area contributed by atoms with Crippen LogP contribution in [0.1, 0.15) is 51.1 Å². The van der Waals surface area contributed by atoms with Gasteiger partial charge in [-0.3, -0.25) is 4.79 Å². The van der Waals surface area contributed by atoms with Crippen molar-refractivity contribution in [2.45, 2.75) is 57.8 Å². The van der Waals surface area contributed by atoms with Gasteiger partial charge in [-0.05, 0) is 43.9 Å². The van der Waals surface area contributed by atoms with Gasteiger partial charge < -0.3 is 19.7 Å². The van der Waals surface area contributed by atoms with E-state index in [1.807, 2.05) is 31.2 Å². The van der Waals surface area contributed by atoms with Crippen molar-refractivity contribution in [2.75, 3.05) is 18.0 Å². The van der Waals surface area contributed by atoms with Gasteiger partial charge in [-0.1, -0.05) is 23.7 Å². The first-order chi connectivity index (χ1) is 14.5. The van der Waals surface area contributed by atoms with Gasteiger partial charge in [-0.25, -0.2) is 9.97 Å². The van der Waals surface area contributed by atoms with Crippen LogP contribution >= 0.6 is 11.6 Å². The Morgan fingerprint density at radius 2 is 1.93 bits per heavy atom. The average molecular weight is 431 g/mol. The van der Waals surface area contributed by atoms with Crippen molar-refractivity contribution in [3.63, 3.8) is 0 Å². The lowest BCUT2D eigenvalue weighted by Crippen LogP contribution is -2.27. The highest BCUT2D eigenvalue weighted by atomic mass is 35.5. The Balaban J connectivity index is 1.35. The van der Waals surface area contributed by atoms with E-state index in [0.29, 0.717) is 23.3 Å². The van der Waals surface area contributed by atoms with Crippen molar-refractivity contribution in [3.8, 4) is 11.6 Å². The molecule has 2 heterocycles.